The van der Waals surface area contributed by atoms with Gasteiger partial charge in [-0.1, -0.05) is 22.0 Å². The van der Waals surface area contributed by atoms with Crippen molar-refractivity contribution in [2.45, 2.75) is 20.3 Å². The van der Waals surface area contributed by atoms with Gasteiger partial charge in [-0.05, 0) is 49.2 Å². The van der Waals surface area contributed by atoms with E-state index < -0.39 is 0 Å². The third-order valence-electron chi connectivity index (χ3n) is 2.47. The minimum atomic E-state index is 1.05. The van der Waals surface area contributed by atoms with E-state index in [0.717, 1.165) is 10.9 Å². The van der Waals surface area contributed by atoms with Gasteiger partial charge < -0.3 is 0 Å². The van der Waals surface area contributed by atoms with Crippen LogP contribution in [0.25, 0.3) is 0 Å². The molecule has 2 aromatic rings. The molecule has 78 valence electrons. The lowest BCUT2D eigenvalue weighted by molar-refractivity contribution is 1.19. The lowest BCUT2D eigenvalue weighted by atomic mass is 10.1. The molecule has 0 spiro atoms. The van der Waals surface area contributed by atoms with E-state index in [4.69, 9.17) is 0 Å². The summed E-state index contributed by atoms with van der Waals surface area (Å²) in [5, 5.41) is 0. The van der Waals surface area contributed by atoms with E-state index in [0.29, 0.717) is 0 Å². The first kappa shape index (κ1) is 10.9. The van der Waals surface area contributed by atoms with Crippen molar-refractivity contribution in [3.63, 3.8) is 0 Å². The molecule has 0 unspecified atom stereocenters. The molecule has 0 fully saturated rings. The summed E-state index contributed by atoms with van der Waals surface area (Å²) in [7, 11) is 0. The van der Waals surface area contributed by atoms with Crippen LogP contribution < -0.4 is 0 Å². The minimum Gasteiger partial charge on any atom is -0.145 e. The molecule has 0 saturated carbocycles. The largest absolute Gasteiger partial charge is 0.145 e. The zero-order chi connectivity index (χ0) is 10.8. The SMILES string of the molecule is Cc1ccc(Cc2cc(Br)ccc2C)s1. The number of hydrogen-bond acceptors (Lipinski definition) is 1. The highest BCUT2D eigenvalue weighted by Crippen LogP contribution is 2.23. The molecule has 0 amide bonds. The van der Waals surface area contributed by atoms with Crippen LogP contribution in [0.2, 0.25) is 0 Å². The van der Waals surface area contributed by atoms with E-state index in [-0.39, 0.29) is 0 Å². The normalized spacial score (nSPS) is 10.6. The average molecular weight is 281 g/mol. The maximum Gasteiger partial charge on any atom is 0.0178 e. The molecule has 0 aliphatic rings. The van der Waals surface area contributed by atoms with Gasteiger partial charge in [0.05, 0.1) is 0 Å². The van der Waals surface area contributed by atoms with Gasteiger partial charge in [0.1, 0.15) is 0 Å². The second-order valence-corrected chi connectivity index (χ2v) is 6.05. The Morgan fingerprint density at radius 2 is 1.93 bits per heavy atom. The zero-order valence-corrected chi connectivity index (χ0v) is 11.3. The molecule has 0 atom stereocenters. The summed E-state index contributed by atoms with van der Waals surface area (Å²) in [6.07, 6.45) is 1.05. The molecule has 0 nitrogen and oxygen atoms in total. The first-order valence-corrected chi connectivity index (χ1v) is 6.56. The third-order valence-corrected chi connectivity index (χ3v) is 3.97. The summed E-state index contributed by atoms with van der Waals surface area (Å²) in [5.41, 5.74) is 2.77. The fourth-order valence-electron chi connectivity index (χ4n) is 1.60. The number of thiophene rings is 1. The van der Waals surface area contributed by atoms with Gasteiger partial charge in [-0.2, -0.15) is 0 Å². The van der Waals surface area contributed by atoms with Crippen LogP contribution >= 0.6 is 27.3 Å². The molecule has 0 aliphatic carbocycles. The lowest BCUT2D eigenvalue weighted by Crippen LogP contribution is -1.89. The molecule has 1 aromatic carbocycles. The predicted octanol–water partition coefficient (Wildman–Crippen LogP) is 4.72. The highest BCUT2D eigenvalue weighted by atomic mass is 79.9. The molecular formula is C13H13BrS. The van der Waals surface area contributed by atoms with E-state index in [1.807, 2.05) is 11.3 Å². The van der Waals surface area contributed by atoms with Crippen LogP contribution in [0.15, 0.2) is 34.8 Å². The quantitative estimate of drug-likeness (QED) is 0.747. The van der Waals surface area contributed by atoms with Crippen molar-refractivity contribution >= 4 is 27.3 Å². The van der Waals surface area contributed by atoms with E-state index in [1.165, 1.54) is 20.9 Å². The highest BCUT2D eigenvalue weighted by Gasteiger charge is 2.02. The fraction of sp³-hybridized carbons (Fsp3) is 0.231. The van der Waals surface area contributed by atoms with Gasteiger partial charge in [0.15, 0.2) is 0 Å². The third kappa shape index (κ3) is 2.70. The minimum absolute atomic E-state index is 1.05. The second-order valence-electron chi connectivity index (χ2n) is 3.76. The van der Waals surface area contributed by atoms with E-state index in [2.05, 4.69) is 60.1 Å². The first-order chi connectivity index (χ1) is 7.15. The Bertz CT molecular complexity index is 471. The van der Waals surface area contributed by atoms with E-state index >= 15 is 0 Å². The Kier molecular flexibility index (Phi) is 3.27. The number of aryl methyl sites for hydroxylation is 2. The lowest BCUT2D eigenvalue weighted by Gasteiger charge is -2.04. The maximum absolute atomic E-state index is 3.52. The highest BCUT2D eigenvalue weighted by molar-refractivity contribution is 9.10. The molecule has 15 heavy (non-hydrogen) atoms. The van der Waals surface area contributed by atoms with Gasteiger partial charge in [0.25, 0.3) is 0 Å². The average Bonchev–Trinajstić information content (AvgIpc) is 2.58. The van der Waals surface area contributed by atoms with Crippen molar-refractivity contribution in [1.82, 2.24) is 0 Å². The van der Waals surface area contributed by atoms with Crippen molar-refractivity contribution in [3.8, 4) is 0 Å². The molecule has 2 rings (SSSR count). The first-order valence-electron chi connectivity index (χ1n) is 4.95. The van der Waals surface area contributed by atoms with Crippen molar-refractivity contribution in [2.24, 2.45) is 0 Å². The number of hydrogen-bond donors (Lipinski definition) is 0. The second kappa shape index (κ2) is 4.50. The maximum atomic E-state index is 3.52. The fourth-order valence-corrected chi connectivity index (χ4v) is 2.92. The summed E-state index contributed by atoms with van der Waals surface area (Å²) in [6, 6.07) is 10.9. The van der Waals surface area contributed by atoms with Gasteiger partial charge in [0, 0.05) is 20.6 Å². The summed E-state index contributed by atoms with van der Waals surface area (Å²) >= 11 is 5.40. The summed E-state index contributed by atoms with van der Waals surface area (Å²) in [6.45, 7) is 4.32. The van der Waals surface area contributed by atoms with Crippen molar-refractivity contribution in [3.05, 3.63) is 55.7 Å². The topological polar surface area (TPSA) is 0 Å². The molecular weight excluding hydrogens is 268 g/mol. The van der Waals surface area contributed by atoms with Crippen LogP contribution in [0.3, 0.4) is 0 Å². The Hall–Kier alpha value is -0.600. The molecule has 1 aromatic heterocycles. The van der Waals surface area contributed by atoms with Gasteiger partial charge in [-0.3, -0.25) is 0 Å². The van der Waals surface area contributed by atoms with E-state index in [9.17, 15) is 0 Å². The molecule has 0 radical (unpaired) electrons. The Morgan fingerprint density at radius 1 is 1.13 bits per heavy atom. The van der Waals surface area contributed by atoms with Crippen LogP contribution in [0.5, 0.6) is 0 Å². The number of benzene rings is 1. The molecule has 0 N–H and O–H groups in total. The molecule has 0 saturated heterocycles. The van der Waals surface area contributed by atoms with Gasteiger partial charge in [0.2, 0.25) is 0 Å². The summed E-state index contributed by atoms with van der Waals surface area (Å²) in [4.78, 5) is 2.83. The van der Waals surface area contributed by atoms with Crippen LogP contribution in [0, 0.1) is 13.8 Å². The molecule has 1 heterocycles. The molecule has 2 heteroatoms. The Labute approximate surface area is 103 Å². The standard InChI is InChI=1S/C13H13BrS/c1-9-3-5-12(14)7-11(9)8-13-6-4-10(2)15-13/h3-7H,8H2,1-2H3. The Morgan fingerprint density at radius 3 is 2.60 bits per heavy atom. The zero-order valence-electron chi connectivity index (χ0n) is 8.88. The van der Waals surface area contributed by atoms with E-state index in [1.54, 1.807) is 0 Å². The van der Waals surface area contributed by atoms with Crippen LogP contribution in [-0.2, 0) is 6.42 Å². The van der Waals surface area contributed by atoms with Crippen LogP contribution in [0.4, 0.5) is 0 Å². The number of halogens is 1. The summed E-state index contributed by atoms with van der Waals surface area (Å²) < 4.78 is 1.16. The molecule has 0 bridgehead atoms. The van der Waals surface area contributed by atoms with Gasteiger partial charge >= 0.3 is 0 Å². The van der Waals surface area contributed by atoms with Gasteiger partial charge in [-0.25, -0.2) is 0 Å². The van der Waals surface area contributed by atoms with Crippen molar-refractivity contribution in [2.75, 3.05) is 0 Å². The van der Waals surface area contributed by atoms with Gasteiger partial charge in [-0.15, -0.1) is 11.3 Å². The monoisotopic (exact) mass is 280 g/mol. The van der Waals surface area contributed by atoms with Crippen LogP contribution in [-0.4, -0.2) is 0 Å². The summed E-state index contributed by atoms with van der Waals surface area (Å²) in [5.74, 6) is 0. The van der Waals surface area contributed by atoms with Crippen molar-refractivity contribution in [1.29, 1.82) is 0 Å². The Balaban J connectivity index is 2.27. The van der Waals surface area contributed by atoms with Crippen molar-refractivity contribution < 1.29 is 0 Å². The van der Waals surface area contributed by atoms with Crippen LogP contribution in [0.1, 0.15) is 20.9 Å². The molecule has 0 aliphatic heterocycles. The predicted molar refractivity (Wildman–Crippen MR) is 70.7 cm³/mol. The smallest absolute Gasteiger partial charge is 0.0178 e. The number of rotatable bonds is 2.